The van der Waals surface area contributed by atoms with Gasteiger partial charge in [0.25, 0.3) is 5.91 Å². The highest BCUT2D eigenvalue weighted by Gasteiger charge is 2.15. The number of allylic oxidation sites excluding steroid dienone is 2. The Hall–Kier alpha value is -3.87. The first-order chi connectivity index (χ1) is 14.6. The van der Waals surface area contributed by atoms with E-state index in [2.05, 4.69) is 42.6 Å². The minimum atomic E-state index is -0.335. The molecule has 0 spiro atoms. The third kappa shape index (κ3) is 7.15. The van der Waals surface area contributed by atoms with Crippen molar-refractivity contribution in [2.75, 3.05) is 0 Å². The monoisotopic (exact) mass is 419 g/mol. The Morgan fingerprint density at radius 2 is 1.77 bits per heavy atom. The fourth-order valence-corrected chi connectivity index (χ4v) is 2.56. The van der Waals surface area contributed by atoms with Crippen LogP contribution in [0.25, 0.3) is 11.1 Å². The molecule has 1 heterocycles. The Morgan fingerprint density at radius 1 is 1.13 bits per heavy atom. The molecule has 0 saturated carbocycles. The molecule has 2 aromatic carbocycles. The third-order valence-corrected chi connectivity index (χ3v) is 4.13. The molecule has 1 aromatic heterocycles. The average molecular weight is 420 g/mol. The van der Waals surface area contributed by atoms with E-state index >= 15 is 0 Å². The molecule has 5 N–H and O–H groups in total. The van der Waals surface area contributed by atoms with Crippen molar-refractivity contribution in [3.63, 3.8) is 0 Å². The first kappa shape index (κ1) is 23.4. The van der Waals surface area contributed by atoms with E-state index in [0.717, 1.165) is 5.56 Å². The number of para-hydroxylation sites is 2. The van der Waals surface area contributed by atoms with Crippen molar-refractivity contribution in [2.24, 2.45) is 16.5 Å². The molecule has 7 nitrogen and oxygen atoms in total. The molecule has 0 atom stereocenters. The number of hydrogen-bond acceptors (Lipinski definition) is 5. The molecule has 7 heteroatoms. The van der Waals surface area contributed by atoms with Crippen molar-refractivity contribution < 1.29 is 9.21 Å². The van der Waals surface area contributed by atoms with Crippen LogP contribution in [0, 0.1) is 0 Å². The summed E-state index contributed by atoms with van der Waals surface area (Å²) in [6, 6.07) is 14.8. The predicted molar refractivity (Wildman–Crippen MR) is 126 cm³/mol. The number of benzene rings is 2. The number of aromatic nitrogens is 1. The Labute approximate surface area is 182 Å². The van der Waals surface area contributed by atoms with Gasteiger partial charge in [-0.2, -0.15) is 9.98 Å². The molecule has 0 fully saturated rings. The SMILES string of the molecule is C=C(N)/C=C\C.CC(C)(C)c1ccc(C(=O)N/C(N)=N/c2nc3ccccc3o2)cc1. The summed E-state index contributed by atoms with van der Waals surface area (Å²) in [4.78, 5) is 20.4. The number of amides is 1. The molecule has 3 rings (SSSR count). The summed E-state index contributed by atoms with van der Waals surface area (Å²) in [5, 5.41) is 2.54. The maximum Gasteiger partial charge on any atom is 0.325 e. The number of nitrogens with one attached hydrogen (secondary N) is 1. The van der Waals surface area contributed by atoms with Crippen LogP contribution in [-0.2, 0) is 5.41 Å². The van der Waals surface area contributed by atoms with Crippen LogP contribution in [0.15, 0.2) is 82.4 Å². The second kappa shape index (κ2) is 10.2. The van der Waals surface area contributed by atoms with Crippen molar-refractivity contribution in [2.45, 2.75) is 33.1 Å². The van der Waals surface area contributed by atoms with Crippen LogP contribution in [0.1, 0.15) is 43.6 Å². The van der Waals surface area contributed by atoms with Gasteiger partial charge >= 0.3 is 6.01 Å². The summed E-state index contributed by atoms with van der Waals surface area (Å²) in [5.41, 5.74) is 14.5. The van der Waals surface area contributed by atoms with Crippen LogP contribution in [0.4, 0.5) is 6.01 Å². The number of nitrogens with zero attached hydrogens (tertiary/aromatic N) is 2. The number of nitrogens with two attached hydrogens (primary N) is 2. The van der Waals surface area contributed by atoms with E-state index in [9.17, 15) is 4.79 Å². The number of carbonyl (C=O) groups is 1. The summed E-state index contributed by atoms with van der Waals surface area (Å²) < 4.78 is 5.45. The topological polar surface area (TPSA) is 120 Å². The molecule has 1 amide bonds. The predicted octanol–water partition coefficient (Wildman–Crippen LogP) is 4.54. The summed E-state index contributed by atoms with van der Waals surface area (Å²) in [6.45, 7) is 11.7. The number of fused-ring (bicyclic) bond motifs is 1. The zero-order valence-corrected chi connectivity index (χ0v) is 18.3. The molecule has 0 aliphatic rings. The maximum absolute atomic E-state index is 12.3. The fourth-order valence-electron chi connectivity index (χ4n) is 2.56. The zero-order valence-electron chi connectivity index (χ0n) is 18.3. The van der Waals surface area contributed by atoms with E-state index in [1.54, 1.807) is 24.3 Å². The highest BCUT2D eigenvalue weighted by Crippen LogP contribution is 2.22. The van der Waals surface area contributed by atoms with E-state index < -0.39 is 0 Å². The summed E-state index contributed by atoms with van der Waals surface area (Å²) in [6.07, 6.45) is 3.60. The van der Waals surface area contributed by atoms with Crippen molar-refractivity contribution in [1.82, 2.24) is 10.3 Å². The molecule has 0 saturated heterocycles. The van der Waals surface area contributed by atoms with E-state index in [0.29, 0.717) is 22.4 Å². The first-order valence-electron chi connectivity index (χ1n) is 9.79. The minimum Gasteiger partial charge on any atom is -0.422 e. The van der Waals surface area contributed by atoms with Gasteiger partial charge in [0, 0.05) is 11.3 Å². The van der Waals surface area contributed by atoms with Crippen molar-refractivity contribution >= 4 is 29.0 Å². The molecule has 0 aliphatic heterocycles. The van der Waals surface area contributed by atoms with Crippen LogP contribution >= 0.6 is 0 Å². The van der Waals surface area contributed by atoms with Gasteiger partial charge in [0.1, 0.15) is 5.52 Å². The first-order valence-corrected chi connectivity index (χ1v) is 9.79. The van der Waals surface area contributed by atoms with E-state index in [-0.39, 0.29) is 23.3 Å². The molecule has 31 heavy (non-hydrogen) atoms. The molecule has 162 valence electrons. The lowest BCUT2D eigenvalue weighted by Crippen LogP contribution is -2.36. The molecule has 0 unspecified atom stereocenters. The third-order valence-electron chi connectivity index (χ3n) is 4.13. The van der Waals surface area contributed by atoms with Gasteiger partial charge < -0.3 is 15.9 Å². The van der Waals surface area contributed by atoms with Gasteiger partial charge in [-0.1, -0.05) is 57.7 Å². The summed E-state index contributed by atoms with van der Waals surface area (Å²) >= 11 is 0. The Kier molecular flexibility index (Phi) is 7.74. The van der Waals surface area contributed by atoms with Crippen LogP contribution in [0.2, 0.25) is 0 Å². The maximum atomic E-state index is 12.3. The van der Waals surface area contributed by atoms with Crippen molar-refractivity contribution in [3.05, 3.63) is 84.1 Å². The molecular formula is C24H29N5O2. The molecular weight excluding hydrogens is 390 g/mol. The molecule has 3 aromatic rings. The number of rotatable bonds is 3. The van der Waals surface area contributed by atoms with Crippen LogP contribution in [0.5, 0.6) is 0 Å². The lowest BCUT2D eigenvalue weighted by Gasteiger charge is -2.19. The fraction of sp³-hybridized carbons (Fsp3) is 0.208. The Balaban J connectivity index is 0.000000501. The molecule has 0 radical (unpaired) electrons. The van der Waals surface area contributed by atoms with E-state index in [1.165, 1.54) is 0 Å². The van der Waals surface area contributed by atoms with Crippen molar-refractivity contribution in [3.8, 4) is 0 Å². The van der Waals surface area contributed by atoms with Crippen LogP contribution < -0.4 is 16.8 Å². The molecule has 0 aliphatic carbocycles. The lowest BCUT2D eigenvalue weighted by molar-refractivity contribution is 0.0976. The van der Waals surface area contributed by atoms with Crippen LogP contribution in [0.3, 0.4) is 0 Å². The number of hydrogen-bond donors (Lipinski definition) is 3. The van der Waals surface area contributed by atoms with Gasteiger partial charge in [-0.05, 0) is 48.2 Å². The number of carbonyl (C=O) groups excluding carboxylic acids is 1. The number of guanidine groups is 1. The minimum absolute atomic E-state index is 0.0302. The Bertz CT molecular complexity index is 1070. The standard InChI is InChI=1S/C19H20N4O2.C5H9N/c1-19(2,3)13-10-8-12(9-11-13)16(24)22-17(20)23-18-21-14-6-4-5-7-15(14)25-18;1-3-4-5(2)6/h4-11H,1-3H3,(H3,20,21,22,23,24);3-4H,2,6H2,1H3/b;4-3-. The van der Waals surface area contributed by atoms with Gasteiger partial charge in [-0.25, -0.2) is 0 Å². The largest absolute Gasteiger partial charge is 0.422 e. The highest BCUT2D eigenvalue weighted by atomic mass is 16.4. The average Bonchev–Trinajstić information content (AvgIpc) is 3.09. The molecule has 0 bridgehead atoms. The van der Waals surface area contributed by atoms with E-state index in [1.807, 2.05) is 43.3 Å². The normalized spacial score (nSPS) is 11.8. The Morgan fingerprint density at radius 3 is 2.29 bits per heavy atom. The highest BCUT2D eigenvalue weighted by molar-refractivity contribution is 6.05. The second-order valence-electron chi connectivity index (χ2n) is 7.82. The van der Waals surface area contributed by atoms with Crippen LogP contribution in [-0.4, -0.2) is 16.9 Å². The number of oxazole rings is 1. The quantitative estimate of drug-likeness (QED) is 0.327. The van der Waals surface area contributed by atoms with Gasteiger partial charge in [-0.3, -0.25) is 10.1 Å². The van der Waals surface area contributed by atoms with Crippen molar-refractivity contribution in [1.29, 1.82) is 0 Å². The van der Waals surface area contributed by atoms with Gasteiger partial charge in [0.2, 0.25) is 5.96 Å². The summed E-state index contributed by atoms with van der Waals surface area (Å²) in [5.74, 6) is -0.408. The zero-order chi connectivity index (χ0) is 23.0. The number of aliphatic imine (C=N–C) groups is 1. The smallest absolute Gasteiger partial charge is 0.325 e. The second-order valence-corrected chi connectivity index (χ2v) is 7.82. The summed E-state index contributed by atoms with van der Waals surface area (Å²) in [7, 11) is 0. The van der Waals surface area contributed by atoms with E-state index in [4.69, 9.17) is 15.9 Å². The van der Waals surface area contributed by atoms with Gasteiger partial charge in [-0.15, -0.1) is 0 Å². The van der Waals surface area contributed by atoms with Gasteiger partial charge in [0.05, 0.1) is 0 Å². The van der Waals surface area contributed by atoms with Gasteiger partial charge in [0.15, 0.2) is 5.58 Å². The lowest BCUT2D eigenvalue weighted by atomic mass is 9.87.